The normalized spacial score (nSPS) is 12.2. The van der Waals surface area contributed by atoms with Crippen molar-refractivity contribution in [2.75, 3.05) is 4.90 Å². The van der Waals surface area contributed by atoms with E-state index in [1.54, 1.807) is 0 Å². The zero-order chi connectivity index (χ0) is 27.3. The minimum Gasteiger partial charge on any atom is -0.310 e. The number of nitrogens with zero attached hydrogens (tertiary/aromatic N) is 1. The van der Waals surface area contributed by atoms with Crippen molar-refractivity contribution in [3.8, 4) is 22.3 Å². The van der Waals surface area contributed by atoms with Crippen molar-refractivity contribution in [3.63, 3.8) is 0 Å². The Morgan fingerprint density at radius 3 is 1.73 bits per heavy atom. The van der Waals surface area contributed by atoms with Gasteiger partial charge in [-0.2, -0.15) is 0 Å². The van der Waals surface area contributed by atoms with E-state index >= 15 is 0 Å². The van der Waals surface area contributed by atoms with E-state index in [1.165, 1.54) is 43.8 Å². The molecule has 0 atom stereocenters. The molecular weight excluding hydrogens is 482 g/mol. The third kappa shape index (κ3) is 3.79. The van der Waals surface area contributed by atoms with Gasteiger partial charge in [-0.25, -0.2) is 0 Å². The van der Waals surface area contributed by atoms with Gasteiger partial charge in [-0.3, -0.25) is 0 Å². The molecule has 1 heteroatoms. The number of benzene rings is 7. The summed E-state index contributed by atoms with van der Waals surface area (Å²) in [5.41, 5.74) is 10.5. The Balaban J connectivity index is 1.27. The van der Waals surface area contributed by atoms with Crippen molar-refractivity contribution < 1.29 is 1.37 Å². The van der Waals surface area contributed by atoms with Crippen molar-refractivity contribution in [3.05, 3.63) is 163 Å². The van der Waals surface area contributed by atoms with Gasteiger partial charge in [-0.1, -0.05) is 115 Å². The molecule has 0 amide bonds. The number of hydrogen-bond donors (Lipinski definition) is 0. The molecule has 7 aromatic rings. The van der Waals surface area contributed by atoms with Crippen LogP contribution in [0.15, 0.2) is 152 Å². The van der Waals surface area contributed by atoms with E-state index in [-0.39, 0.29) is 0 Å². The first-order valence-corrected chi connectivity index (χ1v) is 13.8. The van der Waals surface area contributed by atoms with Crippen LogP contribution in [0.5, 0.6) is 0 Å². The van der Waals surface area contributed by atoms with Crippen molar-refractivity contribution >= 4 is 38.6 Å². The van der Waals surface area contributed by atoms with E-state index in [2.05, 4.69) is 144 Å². The molecule has 0 N–H and O–H groups in total. The van der Waals surface area contributed by atoms with Gasteiger partial charge in [0.25, 0.3) is 0 Å². The molecule has 0 fully saturated rings. The minimum absolute atomic E-state index is 0.526. The van der Waals surface area contributed by atoms with Gasteiger partial charge in [0.05, 0.1) is 1.37 Å². The van der Waals surface area contributed by atoms with Crippen LogP contribution in [0.3, 0.4) is 0 Å². The first-order chi connectivity index (χ1) is 20.2. The monoisotopic (exact) mass is 510 g/mol. The Kier molecular flexibility index (Phi) is 5.03. The zero-order valence-corrected chi connectivity index (χ0v) is 22.0. The van der Waals surface area contributed by atoms with Crippen molar-refractivity contribution in [2.24, 2.45) is 0 Å². The molecule has 0 spiro atoms. The minimum atomic E-state index is 0.526. The fourth-order valence-corrected chi connectivity index (χ4v) is 6.21. The van der Waals surface area contributed by atoms with Gasteiger partial charge in [0.2, 0.25) is 0 Å². The summed E-state index contributed by atoms with van der Waals surface area (Å²) in [5, 5.41) is 4.81. The van der Waals surface area contributed by atoms with Crippen LogP contribution < -0.4 is 4.90 Å². The van der Waals surface area contributed by atoms with Crippen LogP contribution in [0.1, 0.15) is 12.5 Å². The number of rotatable bonds is 4. The highest BCUT2D eigenvalue weighted by Crippen LogP contribution is 2.43. The Morgan fingerprint density at radius 1 is 0.450 bits per heavy atom. The SMILES string of the molecule is [2H]c1cc(N(c2ccc3ccccc3c2)c2ccc3ccccc3c2)ccc1-c1cccc2c1Cc1ccccc1-2. The molecule has 0 aliphatic heterocycles. The summed E-state index contributed by atoms with van der Waals surface area (Å²) in [5.74, 6) is 0. The van der Waals surface area contributed by atoms with E-state index in [9.17, 15) is 1.37 Å². The second kappa shape index (κ2) is 9.25. The van der Waals surface area contributed by atoms with Gasteiger partial charge in [0.15, 0.2) is 0 Å². The molecule has 8 rings (SSSR count). The third-order valence-corrected chi connectivity index (χ3v) is 8.18. The van der Waals surface area contributed by atoms with E-state index in [1.807, 2.05) is 6.07 Å². The van der Waals surface area contributed by atoms with E-state index in [0.717, 1.165) is 34.6 Å². The average Bonchev–Trinajstić information content (AvgIpc) is 3.40. The molecule has 0 radical (unpaired) electrons. The first-order valence-electron chi connectivity index (χ1n) is 14.3. The molecular formula is C39H27N. The summed E-state index contributed by atoms with van der Waals surface area (Å²) in [6.07, 6.45) is 0.906. The molecule has 0 saturated carbocycles. The Morgan fingerprint density at radius 2 is 1.02 bits per heavy atom. The van der Waals surface area contributed by atoms with Crippen LogP contribution in [-0.2, 0) is 6.42 Å². The maximum Gasteiger partial charge on any atom is 0.0630 e. The van der Waals surface area contributed by atoms with Gasteiger partial charge in [-0.15, -0.1) is 0 Å². The molecule has 40 heavy (non-hydrogen) atoms. The highest BCUT2D eigenvalue weighted by molar-refractivity contribution is 5.93. The predicted octanol–water partition coefficient (Wildman–Crippen LogP) is 10.7. The average molecular weight is 511 g/mol. The molecule has 0 heterocycles. The molecule has 1 aliphatic rings. The highest BCUT2D eigenvalue weighted by Gasteiger charge is 2.21. The molecule has 0 unspecified atom stereocenters. The topological polar surface area (TPSA) is 3.24 Å². The molecule has 0 bridgehead atoms. The molecule has 1 nitrogen and oxygen atoms in total. The first kappa shape index (κ1) is 21.8. The second-order valence-corrected chi connectivity index (χ2v) is 10.5. The summed E-state index contributed by atoms with van der Waals surface area (Å²) in [7, 11) is 0. The lowest BCUT2D eigenvalue weighted by Crippen LogP contribution is -2.10. The van der Waals surface area contributed by atoms with Gasteiger partial charge in [0, 0.05) is 17.1 Å². The number of hydrogen-bond acceptors (Lipinski definition) is 1. The van der Waals surface area contributed by atoms with E-state index < -0.39 is 0 Å². The molecule has 0 aromatic heterocycles. The quantitative estimate of drug-likeness (QED) is 0.228. The van der Waals surface area contributed by atoms with E-state index in [0.29, 0.717) is 6.04 Å². The third-order valence-electron chi connectivity index (χ3n) is 8.18. The van der Waals surface area contributed by atoms with Crippen LogP contribution in [-0.4, -0.2) is 0 Å². The predicted molar refractivity (Wildman–Crippen MR) is 170 cm³/mol. The summed E-state index contributed by atoms with van der Waals surface area (Å²) < 4.78 is 9.23. The Hall–Kier alpha value is -5.14. The summed E-state index contributed by atoms with van der Waals surface area (Å²) in [4.78, 5) is 2.27. The van der Waals surface area contributed by atoms with E-state index in [4.69, 9.17) is 0 Å². The number of fused-ring (bicyclic) bond motifs is 5. The van der Waals surface area contributed by atoms with Crippen molar-refractivity contribution in [2.45, 2.75) is 6.42 Å². The standard InChI is InChI=1S/C39H27N/c1-3-10-30-24-34(22-16-27(30)8-1)40(35-23-17-28-9-2-4-11-31(28)25-35)33-20-18-29(19-21-33)36-14-7-15-38-37-13-6-5-12-32(37)26-39(36)38/h1-25H,26H2/i18D. The van der Waals surface area contributed by atoms with Crippen molar-refractivity contribution in [1.29, 1.82) is 0 Å². The molecule has 188 valence electrons. The summed E-state index contributed by atoms with van der Waals surface area (Å²) in [6.45, 7) is 0. The molecule has 7 aromatic carbocycles. The lowest BCUT2D eigenvalue weighted by Gasteiger charge is -2.26. The van der Waals surface area contributed by atoms with Crippen LogP contribution in [0.25, 0.3) is 43.8 Å². The lowest BCUT2D eigenvalue weighted by molar-refractivity contribution is 1.26. The highest BCUT2D eigenvalue weighted by atomic mass is 15.1. The maximum atomic E-state index is 9.23. The van der Waals surface area contributed by atoms with Gasteiger partial charge >= 0.3 is 0 Å². The fraction of sp³-hybridized carbons (Fsp3) is 0.0256. The molecule has 0 saturated heterocycles. The summed E-state index contributed by atoms with van der Waals surface area (Å²) in [6, 6.07) is 52.1. The van der Waals surface area contributed by atoms with Gasteiger partial charge < -0.3 is 4.90 Å². The zero-order valence-electron chi connectivity index (χ0n) is 23.0. The van der Waals surface area contributed by atoms with Crippen molar-refractivity contribution in [1.82, 2.24) is 0 Å². The van der Waals surface area contributed by atoms with Crippen LogP contribution in [0, 0.1) is 0 Å². The largest absolute Gasteiger partial charge is 0.310 e. The Bertz CT molecular complexity index is 2030. The van der Waals surface area contributed by atoms with Crippen LogP contribution in [0.2, 0.25) is 0 Å². The molecule has 1 aliphatic carbocycles. The second-order valence-electron chi connectivity index (χ2n) is 10.5. The lowest BCUT2D eigenvalue weighted by atomic mass is 9.95. The summed E-state index contributed by atoms with van der Waals surface area (Å²) >= 11 is 0. The Labute approximate surface area is 236 Å². The van der Waals surface area contributed by atoms with Gasteiger partial charge in [0.1, 0.15) is 0 Å². The maximum absolute atomic E-state index is 9.23. The fourth-order valence-electron chi connectivity index (χ4n) is 6.21. The van der Waals surface area contributed by atoms with Crippen LogP contribution >= 0.6 is 0 Å². The smallest absolute Gasteiger partial charge is 0.0630 e. The van der Waals surface area contributed by atoms with Crippen LogP contribution in [0.4, 0.5) is 17.1 Å². The number of anilines is 3. The van der Waals surface area contributed by atoms with Gasteiger partial charge in [-0.05, 0) is 97.7 Å².